The van der Waals surface area contributed by atoms with E-state index in [2.05, 4.69) is 10.3 Å². The van der Waals surface area contributed by atoms with Gasteiger partial charge in [-0.25, -0.2) is 9.40 Å². The molecule has 2 heterocycles. The number of thioether (sulfide) groups is 1. The Kier molecular flexibility index (Phi) is 7.41. The normalized spacial score (nSPS) is 18.7. The van der Waals surface area contributed by atoms with Gasteiger partial charge in [-0.3, -0.25) is 9.59 Å². The van der Waals surface area contributed by atoms with E-state index in [0.717, 1.165) is 22.6 Å². The fourth-order valence-electron chi connectivity index (χ4n) is 4.25. The molecule has 2 aliphatic heterocycles. The largest absolute Gasteiger partial charge is 0.497 e. The highest BCUT2D eigenvalue weighted by Crippen LogP contribution is 2.39. The Hall–Kier alpha value is -4.18. The van der Waals surface area contributed by atoms with Gasteiger partial charge >= 0.3 is 0 Å². The van der Waals surface area contributed by atoms with Crippen LogP contribution < -0.4 is 14.8 Å². The Labute approximate surface area is 223 Å². The molecule has 0 bridgehead atoms. The van der Waals surface area contributed by atoms with Crippen LogP contribution in [0.25, 0.3) is 0 Å². The Morgan fingerprint density at radius 3 is 2.26 bits per heavy atom. The molecule has 8 nitrogen and oxygen atoms in total. The maximum absolute atomic E-state index is 13.5. The van der Waals surface area contributed by atoms with Gasteiger partial charge in [-0.05, 0) is 59.7 Å². The van der Waals surface area contributed by atoms with Crippen LogP contribution in [0, 0.1) is 5.82 Å². The Bertz CT molecular complexity index is 1390. The molecule has 194 valence electrons. The molecule has 38 heavy (non-hydrogen) atoms. The standard InChI is InChI=1S/C28H25FN4O4S/c1-36-21-11-5-18(6-12-21)24-15-23(17-3-7-19(29)8-4-17)32-33(24)28-31-27(35)25(38-28)16-26(34)30-20-9-13-22(37-2)14-10-20/h3-14,24-25H,15-16H2,1-2H3,(H,30,34)/t24-,25-/m0/s1. The maximum Gasteiger partial charge on any atom is 0.262 e. The molecule has 3 aromatic rings. The minimum Gasteiger partial charge on any atom is -0.497 e. The third kappa shape index (κ3) is 5.55. The van der Waals surface area contributed by atoms with Crippen molar-refractivity contribution in [3.63, 3.8) is 0 Å². The molecule has 0 aliphatic carbocycles. The lowest BCUT2D eigenvalue weighted by atomic mass is 9.98. The zero-order valence-corrected chi connectivity index (χ0v) is 21.6. The first-order valence-corrected chi connectivity index (χ1v) is 12.8. The van der Waals surface area contributed by atoms with Gasteiger partial charge in [-0.15, -0.1) is 0 Å². The Morgan fingerprint density at radius 1 is 1.00 bits per heavy atom. The molecule has 0 spiro atoms. The number of hydrogen-bond acceptors (Lipinski definition) is 7. The first kappa shape index (κ1) is 25.5. The number of nitrogens with zero attached hydrogens (tertiary/aromatic N) is 3. The van der Waals surface area contributed by atoms with Crippen LogP contribution in [0.4, 0.5) is 10.1 Å². The number of amides is 2. The van der Waals surface area contributed by atoms with Crippen LogP contribution in [-0.4, -0.2) is 47.2 Å². The highest BCUT2D eigenvalue weighted by Gasteiger charge is 2.39. The number of rotatable bonds is 7. The molecule has 2 aliphatic rings. The zero-order chi connectivity index (χ0) is 26.6. The molecular formula is C28H25FN4O4S. The molecule has 0 saturated carbocycles. The monoisotopic (exact) mass is 532 g/mol. The number of nitrogens with one attached hydrogen (secondary N) is 1. The van der Waals surface area contributed by atoms with Crippen molar-refractivity contribution in [2.45, 2.75) is 24.1 Å². The van der Waals surface area contributed by atoms with Gasteiger partial charge in [0.15, 0.2) is 5.17 Å². The minimum atomic E-state index is -0.662. The van der Waals surface area contributed by atoms with E-state index in [1.54, 1.807) is 55.6 Å². The van der Waals surface area contributed by atoms with Gasteiger partial charge in [0, 0.05) is 18.5 Å². The van der Waals surface area contributed by atoms with Crippen molar-refractivity contribution < 1.29 is 23.5 Å². The summed E-state index contributed by atoms with van der Waals surface area (Å²) in [6.07, 6.45) is 0.506. The first-order valence-electron chi connectivity index (χ1n) is 11.9. The third-order valence-electron chi connectivity index (χ3n) is 6.26. The molecule has 10 heteroatoms. The number of carbonyl (C=O) groups excluding carboxylic acids is 2. The molecular weight excluding hydrogens is 507 g/mol. The SMILES string of the molecule is COc1ccc(NC(=O)C[C@@H]2SC(N3N=C(c4ccc(F)cc4)C[C@H]3c3ccc(OC)cc3)=NC2=O)cc1. The van der Waals surface area contributed by atoms with Crippen LogP contribution in [0.2, 0.25) is 0 Å². The van der Waals surface area contributed by atoms with E-state index < -0.39 is 5.25 Å². The highest BCUT2D eigenvalue weighted by molar-refractivity contribution is 8.15. The van der Waals surface area contributed by atoms with Gasteiger partial charge in [0.25, 0.3) is 5.91 Å². The number of benzene rings is 3. The topological polar surface area (TPSA) is 92.6 Å². The van der Waals surface area contributed by atoms with E-state index in [1.807, 2.05) is 24.3 Å². The number of hydrazone groups is 1. The van der Waals surface area contributed by atoms with Crippen molar-refractivity contribution in [2.75, 3.05) is 19.5 Å². The minimum absolute atomic E-state index is 0.0297. The second kappa shape index (κ2) is 11.1. The van der Waals surface area contributed by atoms with Crippen molar-refractivity contribution in [1.29, 1.82) is 0 Å². The van der Waals surface area contributed by atoms with Crippen LogP contribution in [0.5, 0.6) is 11.5 Å². The number of hydrogen-bond donors (Lipinski definition) is 1. The molecule has 0 unspecified atom stereocenters. The zero-order valence-electron chi connectivity index (χ0n) is 20.8. The summed E-state index contributed by atoms with van der Waals surface area (Å²) in [5.41, 5.74) is 3.11. The molecule has 0 fully saturated rings. The summed E-state index contributed by atoms with van der Waals surface area (Å²) in [6.45, 7) is 0. The molecule has 0 aromatic heterocycles. The smallest absolute Gasteiger partial charge is 0.262 e. The number of ether oxygens (including phenoxy) is 2. The molecule has 0 saturated heterocycles. The average molecular weight is 533 g/mol. The van der Waals surface area contributed by atoms with Gasteiger partial charge in [0.2, 0.25) is 5.91 Å². The van der Waals surface area contributed by atoms with E-state index >= 15 is 0 Å². The summed E-state index contributed by atoms with van der Waals surface area (Å²) in [6, 6.07) is 20.5. The molecule has 2 amide bonds. The number of carbonyl (C=O) groups is 2. The van der Waals surface area contributed by atoms with E-state index in [-0.39, 0.29) is 30.1 Å². The van der Waals surface area contributed by atoms with Crippen LogP contribution in [0.15, 0.2) is 82.9 Å². The summed E-state index contributed by atoms with van der Waals surface area (Å²) in [5.74, 6) is 0.409. The number of methoxy groups -OCH3 is 2. The molecule has 2 atom stereocenters. The van der Waals surface area contributed by atoms with Gasteiger partial charge in [0.1, 0.15) is 22.6 Å². The maximum atomic E-state index is 13.5. The second-order valence-corrected chi connectivity index (χ2v) is 9.88. The van der Waals surface area contributed by atoms with Crippen LogP contribution in [-0.2, 0) is 9.59 Å². The van der Waals surface area contributed by atoms with Crippen LogP contribution in [0.3, 0.4) is 0 Å². The second-order valence-electron chi connectivity index (χ2n) is 8.71. The number of halogens is 1. The number of aliphatic imine (C=N–C) groups is 1. The molecule has 1 N–H and O–H groups in total. The lowest BCUT2D eigenvalue weighted by Gasteiger charge is -2.23. The summed E-state index contributed by atoms with van der Waals surface area (Å²) in [5, 5.41) is 9.08. The van der Waals surface area contributed by atoms with Crippen molar-refractivity contribution in [1.82, 2.24) is 5.01 Å². The van der Waals surface area contributed by atoms with Crippen LogP contribution >= 0.6 is 11.8 Å². The summed E-state index contributed by atoms with van der Waals surface area (Å²) >= 11 is 1.22. The van der Waals surface area contributed by atoms with Gasteiger partial charge in [-0.2, -0.15) is 10.1 Å². The Balaban J connectivity index is 1.33. The molecule has 0 radical (unpaired) electrons. The quantitative estimate of drug-likeness (QED) is 0.459. The van der Waals surface area contributed by atoms with Gasteiger partial charge < -0.3 is 14.8 Å². The van der Waals surface area contributed by atoms with Crippen molar-refractivity contribution in [3.05, 3.63) is 89.7 Å². The van der Waals surface area contributed by atoms with E-state index in [9.17, 15) is 14.0 Å². The predicted molar refractivity (Wildman–Crippen MR) is 145 cm³/mol. The van der Waals surface area contributed by atoms with Gasteiger partial charge in [-0.1, -0.05) is 36.0 Å². The highest BCUT2D eigenvalue weighted by atomic mass is 32.2. The van der Waals surface area contributed by atoms with Crippen molar-refractivity contribution >= 4 is 40.1 Å². The summed E-state index contributed by atoms with van der Waals surface area (Å²) in [4.78, 5) is 29.7. The number of amidine groups is 1. The fourth-order valence-corrected chi connectivity index (χ4v) is 5.31. The van der Waals surface area contributed by atoms with E-state index in [0.29, 0.717) is 23.0 Å². The summed E-state index contributed by atoms with van der Waals surface area (Å²) < 4.78 is 23.9. The number of anilines is 1. The van der Waals surface area contributed by atoms with Gasteiger partial charge in [0.05, 0.1) is 26.0 Å². The average Bonchev–Trinajstić information content (AvgIpc) is 3.53. The Morgan fingerprint density at radius 2 is 1.63 bits per heavy atom. The fraction of sp³-hybridized carbons (Fsp3) is 0.214. The molecule has 3 aromatic carbocycles. The van der Waals surface area contributed by atoms with E-state index in [4.69, 9.17) is 14.6 Å². The lowest BCUT2D eigenvalue weighted by molar-refractivity contribution is -0.121. The lowest BCUT2D eigenvalue weighted by Crippen LogP contribution is -2.25. The van der Waals surface area contributed by atoms with Crippen LogP contribution in [0.1, 0.15) is 30.0 Å². The van der Waals surface area contributed by atoms with Crippen molar-refractivity contribution in [3.8, 4) is 11.5 Å². The predicted octanol–water partition coefficient (Wildman–Crippen LogP) is 5.02. The first-order chi connectivity index (χ1) is 18.4. The van der Waals surface area contributed by atoms with Crippen molar-refractivity contribution in [2.24, 2.45) is 10.1 Å². The third-order valence-corrected chi connectivity index (χ3v) is 7.40. The summed E-state index contributed by atoms with van der Waals surface area (Å²) in [7, 11) is 3.17. The molecule has 5 rings (SSSR count). The van der Waals surface area contributed by atoms with E-state index in [1.165, 1.54) is 23.9 Å².